The second-order valence-electron chi connectivity index (χ2n) is 3.16. The molecule has 0 amide bonds. The maximum absolute atomic E-state index is 10.8. The van der Waals surface area contributed by atoms with Crippen molar-refractivity contribution in [3.05, 3.63) is 48.1 Å². The van der Waals surface area contributed by atoms with Crippen LogP contribution in [0.4, 0.5) is 0 Å². The van der Waals surface area contributed by atoms with Gasteiger partial charge in [-0.2, -0.15) is 0 Å². The van der Waals surface area contributed by atoms with E-state index in [1.54, 1.807) is 18.2 Å². The van der Waals surface area contributed by atoms with Crippen molar-refractivity contribution in [2.45, 2.75) is 6.10 Å². The maximum atomic E-state index is 10.8. The highest BCUT2D eigenvalue weighted by Gasteiger charge is 2.17. The fraction of sp³-hybridized carbons (Fsp3) is 0.0833. The molecular weight excluding hydrogens is 192 g/mol. The Balaban J connectivity index is 2.40. The molecule has 1 N–H and O–H groups in total. The Morgan fingerprint density at radius 1 is 1.27 bits per heavy atom. The van der Waals surface area contributed by atoms with Crippen LogP contribution >= 0.6 is 0 Å². The molecule has 1 heterocycles. The summed E-state index contributed by atoms with van der Waals surface area (Å²) in [6.45, 7) is 0. The molecule has 1 aromatic rings. The third kappa shape index (κ3) is 2.07. The van der Waals surface area contributed by atoms with Gasteiger partial charge in [-0.05, 0) is 12.1 Å². The number of allylic oxidation sites excluding steroid dienone is 2. The van der Waals surface area contributed by atoms with Crippen LogP contribution in [0.1, 0.15) is 5.56 Å². The third-order valence-corrected chi connectivity index (χ3v) is 2.09. The van der Waals surface area contributed by atoms with E-state index >= 15 is 0 Å². The number of hydrogen-bond acceptors (Lipinski definition) is 2. The lowest BCUT2D eigenvalue weighted by atomic mass is 10.1. The van der Waals surface area contributed by atoms with Crippen LogP contribution in [-0.4, -0.2) is 17.2 Å². The van der Waals surface area contributed by atoms with Gasteiger partial charge in [0.25, 0.3) is 0 Å². The van der Waals surface area contributed by atoms with Crippen LogP contribution in [0, 0.1) is 0 Å². The number of para-hydroxylation sites is 1. The Morgan fingerprint density at radius 2 is 2.07 bits per heavy atom. The van der Waals surface area contributed by atoms with Crippen molar-refractivity contribution in [3.8, 4) is 5.75 Å². The van der Waals surface area contributed by atoms with Gasteiger partial charge in [0.05, 0.1) is 0 Å². The molecule has 0 saturated carbocycles. The van der Waals surface area contributed by atoms with Crippen molar-refractivity contribution >= 4 is 12.0 Å². The van der Waals surface area contributed by atoms with E-state index < -0.39 is 12.1 Å². The van der Waals surface area contributed by atoms with Crippen molar-refractivity contribution in [2.24, 2.45) is 0 Å². The van der Waals surface area contributed by atoms with Gasteiger partial charge in [0.1, 0.15) is 5.75 Å². The van der Waals surface area contributed by atoms with E-state index in [9.17, 15) is 4.79 Å². The Bertz CT molecular complexity index is 432. The topological polar surface area (TPSA) is 46.5 Å². The van der Waals surface area contributed by atoms with Crippen LogP contribution in [0.2, 0.25) is 0 Å². The van der Waals surface area contributed by atoms with E-state index in [-0.39, 0.29) is 0 Å². The number of benzene rings is 1. The third-order valence-electron chi connectivity index (χ3n) is 2.09. The van der Waals surface area contributed by atoms with Gasteiger partial charge >= 0.3 is 5.97 Å². The highest BCUT2D eigenvalue weighted by atomic mass is 16.5. The first-order valence-corrected chi connectivity index (χ1v) is 4.61. The molecule has 3 nitrogen and oxygen atoms in total. The maximum Gasteiger partial charge on any atom is 0.349 e. The molecule has 15 heavy (non-hydrogen) atoms. The van der Waals surface area contributed by atoms with Crippen molar-refractivity contribution in [1.29, 1.82) is 0 Å². The minimum absolute atomic E-state index is 0.588. The van der Waals surface area contributed by atoms with Crippen molar-refractivity contribution < 1.29 is 14.6 Å². The van der Waals surface area contributed by atoms with Gasteiger partial charge in [-0.1, -0.05) is 36.4 Å². The van der Waals surface area contributed by atoms with E-state index in [2.05, 4.69) is 0 Å². The highest BCUT2D eigenvalue weighted by molar-refractivity contribution is 5.76. The van der Waals surface area contributed by atoms with Crippen molar-refractivity contribution in [3.63, 3.8) is 0 Å². The summed E-state index contributed by atoms with van der Waals surface area (Å²) in [6, 6.07) is 7.34. The molecular formula is C12H10O3. The molecule has 3 heteroatoms. The lowest BCUT2D eigenvalue weighted by Crippen LogP contribution is -2.25. The van der Waals surface area contributed by atoms with E-state index in [1.165, 1.54) is 6.08 Å². The number of fused-ring (bicyclic) bond motifs is 1. The molecule has 1 aliphatic rings. The first-order chi connectivity index (χ1) is 7.27. The Hall–Kier alpha value is -2.03. The molecule has 1 aromatic carbocycles. The number of carboxylic acid groups (broad SMARTS) is 1. The van der Waals surface area contributed by atoms with Gasteiger partial charge in [-0.3, -0.25) is 0 Å². The van der Waals surface area contributed by atoms with Gasteiger partial charge < -0.3 is 9.84 Å². The number of carbonyl (C=O) groups is 1. The fourth-order valence-electron chi connectivity index (χ4n) is 1.36. The van der Waals surface area contributed by atoms with Crippen molar-refractivity contribution in [2.75, 3.05) is 0 Å². The van der Waals surface area contributed by atoms with Gasteiger partial charge in [0.2, 0.25) is 6.10 Å². The number of carboxylic acids is 1. The predicted octanol–water partition coefficient (Wildman–Crippen LogP) is 2.10. The van der Waals surface area contributed by atoms with Crippen LogP contribution in [-0.2, 0) is 4.79 Å². The molecule has 1 aliphatic heterocycles. The molecule has 76 valence electrons. The zero-order chi connectivity index (χ0) is 10.7. The van der Waals surface area contributed by atoms with Gasteiger partial charge in [0, 0.05) is 5.56 Å². The molecule has 0 aliphatic carbocycles. The predicted molar refractivity (Wildman–Crippen MR) is 56.7 cm³/mol. The Labute approximate surface area is 87.3 Å². The van der Waals surface area contributed by atoms with Crippen LogP contribution in [0.3, 0.4) is 0 Å². The zero-order valence-electron chi connectivity index (χ0n) is 7.96. The molecule has 0 bridgehead atoms. The average Bonchev–Trinajstić information content (AvgIpc) is 2.18. The molecule has 1 unspecified atom stereocenters. The summed E-state index contributed by atoms with van der Waals surface area (Å²) in [7, 11) is 0. The molecule has 0 radical (unpaired) electrons. The SMILES string of the molecule is O=C(O)C1/C=C\C=C/c2ccccc2O1. The summed E-state index contributed by atoms with van der Waals surface area (Å²) in [4.78, 5) is 10.8. The summed E-state index contributed by atoms with van der Waals surface area (Å²) < 4.78 is 5.36. The fourth-order valence-corrected chi connectivity index (χ4v) is 1.36. The van der Waals surface area contributed by atoms with E-state index in [4.69, 9.17) is 9.84 Å². The highest BCUT2D eigenvalue weighted by Crippen LogP contribution is 2.22. The van der Waals surface area contributed by atoms with Gasteiger partial charge in [-0.15, -0.1) is 0 Å². The second kappa shape index (κ2) is 4.00. The van der Waals surface area contributed by atoms with E-state index in [0.29, 0.717) is 5.75 Å². The first-order valence-electron chi connectivity index (χ1n) is 4.61. The van der Waals surface area contributed by atoms with Gasteiger partial charge in [-0.25, -0.2) is 4.79 Å². The van der Waals surface area contributed by atoms with E-state index in [1.807, 2.05) is 24.3 Å². The van der Waals surface area contributed by atoms with Crippen LogP contribution < -0.4 is 4.74 Å². The summed E-state index contributed by atoms with van der Waals surface area (Å²) in [5.41, 5.74) is 0.883. The molecule has 0 saturated heterocycles. The van der Waals surface area contributed by atoms with Crippen LogP contribution in [0.25, 0.3) is 6.08 Å². The standard InChI is InChI=1S/C12H10O3/c13-12(14)11-8-4-2-6-9-5-1-3-7-10(9)15-11/h1-8,11H,(H,13,14)/b6-2-,8-4-. The zero-order valence-corrected chi connectivity index (χ0v) is 7.96. The Kier molecular flexibility index (Phi) is 2.54. The van der Waals surface area contributed by atoms with Crippen LogP contribution in [0.15, 0.2) is 42.5 Å². The summed E-state index contributed by atoms with van der Waals surface area (Å²) in [5.74, 6) is -0.401. The molecule has 0 fully saturated rings. The average molecular weight is 202 g/mol. The number of ether oxygens (including phenoxy) is 1. The quantitative estimate of drug-likeness (QED) is 0.758. The lowest BCUT2D eigenvalue weighted by molar-refractivity contribution is -0.142. The molecule has 0 aromatic heterocycles. The van der Waals surface area contributed by atoms with Gasteiger partial charge in [0.15, 0.2) is 0 Å². The lowest BCUT2D eigenvalue weighted by Gasteiger charge is -2.14. The summed E-state index contributed by atoms with van der Waals surface area (Å²) in [5, 5.41) is 8.88. The monoisotopic (exact) mass is 202 g/mol. The number of rotatable bonds is 1. The molecule has 0 spiro atoms. The smallest absolute Gasteiger partial charge is 0.349 e. The minimum atomic E-state index is -0.989. The second-order valence-corrected chi connectivity index (χ2v) is 3.16. The van der Waals surface area contributed by atoms with Crippen molar-refractivity contribution in [1.82, 2.24) is 0 Å². The number of hydrogen-bond donors (Lipinski definition) is 1. The Morgan fingerprint density at radius 3 is 2.87 bits per heavy atom. The number of aliphatic carboxylic acids is 1. The normalized spacial score (nSPS) is 22.8. The summed E-state index contributed by atoms with van der Waals surface area (Å²) >= 11 is 0. The first kappa shape index (κ1) is 9.52. The minimum Gasteiger partial charge on any atom is -0.478 e. The summed E-state index contributed by atoms with van der Waals surface area (Å²) in [6.07, 6.45) is 5.95. The largest absolute Gasteiger partial charge is 0.478 e. The van der Waals surface area contributed by atoms with E-state index in [0.717, 1.165) is 5.56 Å². The molecule has 2 rings (SSSR count). The van der Waals surface area contributed by atoms with Crippen LogP contribution in [0.5, 0.6) is 5.75 Å². The molecule has 1 atom stereocenters.